The second kappa shape index (κ2) is 6.51. The van der Waals surface area contributed by atoms with Crippen LogP contribution in [0.2, 0.25) is 0 Å². The van der Waals surface area contributed by atoms with Gasteiger partial charge in [-0.2, -0.15) is 5.10 Å². The number of nitrogens with zero attached hydrogens (tertiary/aromatic N) is 1. The van der Waals surface area contributed by atoms with E-state index in [-0.39, 0.29) is 11.7 Å². The SMILES string of the molecule is O=C(N/N=C\c1ccc(F)cc1)c1ccc2[nH]c3c(c2c1)CCCC3. The molecule has 0 spiro atoms. The molecule has 5 heteroatoms. The van der Waals surface area contributed by atoms with Crippen LogP contribution in [0, 0.1) is 5.82 Å². The summed E-state index contributed by atoms with van der Waals surface area (Å²) >= 11 is 0. The summed E-state index contributed by atoms with van der Waals surface area (Å²) in [4.78, 5) is 15.8. The van der Waals surface area contributed by atoms with Gasteiger partial charge >= 0.3 is 0 Å². The van der Waals surface area contributed by atoms with Gasteiger partial charge in [0.1, 0.15) is 5.82 Å². The quantitative estimate of drug-likeness (QED) is 0.553. The number of hydrogen-bond donors (Lipinski definition) is 2. The number of carbonyl (C=O) groups is 1. The van der Waals surface area contributed by atoms with Gasteiger partial charge in [0.25, 0.3) is 5.91 Å². The molecule has 1 heterocycles. The Morgan fingerprint density at radius 2 is 1.92 bits per heavy atom. The number of nitrogens with one attached hydrogen (secondary N) is 2. The number of hydrogen-bond acceptors (Lipinski definition) is 2. The van der Waals surface area contributed by atoms with Crippen LogP contribution < -0.4 is 5.43 Å². The molecule has 0 aliphatic heterocycles. The zero-order chi connectivity index (χ0) is 17.2. The van der Waals surface area contributed by atoms with E-state index in [4.69, 9.17) is 0 Å². The van der Waals surface area contributed by atoms with Gasteiger partial charge in [0.2, 0.25) is 0 Å². The number of aryl methyl sites for hydroxylation is 2. The number of H-pyrrole nitrogens is 1. The van der Waals surface area contributed by atoms with Crippen LogP contribution in [-0.4, -0.2) is 17.1 Å². The molecule has 2 aromatic carbocycles. The third-order valence-corrected chi connectivity index (χ3v) is 4.61. The molecule has 0 saturated carbocycles. The van der Waals surface area contributed by atoms with Gasteiger partial charge < -0.3 is 4.98 Å². The highest BCUT2D eigenvalue weighted by atomic mass is 19.1. The number of benzene rings is 2. The highest BCUT2D eigenvalue weighted by Crippen LogP contribution is 2.29. The lowest BCUT2D eigenvalue weighted by Gasteiger charge is -2.10. The van der Waals surface area contributed by atoms with Gasteiger partial charge in [-0.1, -0.05) is 12.1 Å². The second-order valence-corrected chi connectivity index (χ2v) is 6.30. The Hall–Kier alpha value is -2.95. The third kappa shape index (κ3) is 3.18. The van der Waals surface area contributed by atoms with Gasteiger partial charge in [-0.3, -0.25) is 4.79 Å². The molecule has 3 aromatic rings. The van der Waals surface area contributed by atoms with Crippen molar-refractivity contribution in [1.82, 2.24) is 10.4 Å². The van der Waals surface area contributed by atoms with E-state index in [0.717, 1.165) is 29.3 Å². The number of amides is 1. The van der Waals surface area contributed by atoms with E-state index < -0.39 is 0 Å². The third-order valence-electron chi connectivity index (χ3n) is 4.61. The van der Waals surface area contributed by atoms with E-state index in [9.17, 15) is 9.18 Å². The summed E-state index contributed by atoms with van der Waals surface area (Å²) in [6.07, 6.45) is 6.04. The number of carbonyl (C=O) groups excluding carboxylic acids is 1. The van der Waals surface area contributed by atoms with E-state index in [2.05, 4.69) is 15.5 Å². The molecule has 0 saturated heterocycles. The van der Waals surface area contributed by atoms with Crippen molar-refractivity contribution in [3.8, 4) is 0 Å². The second-order valence-electron chi connectivity index (χ2n) is 6.30. The number of rotatable bonds is 3. The molecular weight excluding hydrogens is 317 g/mol. The van der Waals surface area contributed by atoms with E-state index in [1.54, 1.807) is 18.2 Å². The minimum atomic E-state index is -0.302. The van der Waals surface area contributed by atoms with Gasteiger partial charge in [0, 0.05) is 22.2 Å². The van der Waals surface area contributed by atoms with Gasteiger partial charge in [-0.15, -0.1) is 0 Å². The molecule has 0 atom stereocenters. The summed E-state index contributed by atoms with van der Waals surface area (Å²) in [5.74, 6) is -0.560. The largest absolute Gasteiger partial charge is 0.358 e. The van der Waals surface area contributed by atoms with Crippen LogP contribution in [0.3, 0.4) is 0 Å². The van der Waals surface area contributed by atoms with Crippen molar-refractivity contribution in [3.05, 3.63) is 70.7 Å². The summed E-state index contributed by atoms with van der Waals surface area (Å²) in [5.41, 5.74) is 7.54. The van der Waals surface area contributed by atoms with Crippen LogP contribution in [0.25, 0.3) is 10.9 Å². The molecule has 1 aliphatic carbocycles. The molecular formula is C20H18FN3O. The lowest BCUT2D eigenvalue weighted by molar-refractivity contribution is 0.0955. The fraction of sp³-hybridized carbons (Fsp3) is 0.200. The maximum Gasteiger partial charge on any atom is 0.271 e. The Bertz CT molecular complexity index is 957. The summed E-state index contributed by atoms with van der Waals surface area (Å²) in [6.45, 7) is 0. The van der Waals surface area contributed by atoms with E-state index in [1.165, 1.54) is 42.4 Å². The monoisotopic (exact) mass is 335 g/mol. The topological polar surface area (TPSA) is 57.2 Å². The van der Waals surface area contributed by atoms with Crippen LogP contribution in [-0.2, 0) is 12.8 Å². The first-order valence-corrected chi connectivity index (χ1v) is 8.43. The maximum atomic E-state index is 12.9. The highest BCUT2D eigenvalue weighted by Gasteiger charge is 2.16. The molecule has 0 bridgehead atoms. The minimum absolute atomic E-state index is 0.258. The van der Waals surface area contributed by atoms with Crippen molar-refractivity contribution in [1.29, 1.82) is 0 Å². The number of hydrazone groups is 1. The molecule has 126 valence electrons. The van der Waals surface area contributed by atoms with Gasteiger partial charge in [-0.25, -0.2) is 9.82 Å². The van der Waals surface area contributed by atoms with Crippen molar-refractivity contribution in [3.63, 3.8) is 0 Å². The first kappa shape index (κ1) is 15.6. The summed E-state index contributed by atoms with van der Waals surface area (Å²) in [7, 11) is 0. The van der Waals surface area contributed by atoms with Crippen molar-refractivity contribution < 1.29 is 9.18 Å². The fourth-order valence-corrected chi connectivity index (χ4v) is 3.33. The molecule has 0 unspecified atom stereocenters. The van der Waals surface area contributed by atoms with Gasteiger partial charge in [0.05, 0.1) is 6.21 Å². The molecule has 4 rings (SSSR count). The Balaban J connectivity index is 1.52. The van der Waals surface area contributed by atoms with E-state index >= 15 is 0 Å². The van der Waals surface area contributed by atoms with E-state index in [1.807, 2.05) is 12.1 Å². The van der Waals surface area contributed by atoms with E-state index in [0.29, 0.717) is 5.56 Å². The Labute approximate surface area is 144 Å². The average molecular weight is 335 g/mol. The minimum Gasteiger partial charge on any atom is -0.358 e. The smallest absolute Gasteiger partial charge is 0.271 e. The van der Waals surface area contributed by atoms with Crippen molar-refractivity contribution in [2.75, 3.05) is 0 Å². The molecule has 1 aliphatic rings. The molecule has 25 heavy (non-hydrogen) atoms. The zero-order valence-electron chi connectivity index (χ0n) is 13.7. The molecule has 4 nitrogen and oxygen atoms in total. The first-order valence-electron chi connectivity index (χ1n) is 8.43. The van der Waals surface area contributed by atoms with Crippen LogP contribution in [0.15, 0.2) is 47.6 Å². The zero-order valence-corrected chi connectivity index (χ0v) is 13.7. The summed E-state index contributed by atoms with van der Waals surface area (Å²) < 4.78 is 12.9. The maximum absolute atomic E-state index is 12.9. The van der Waals surface area contributed by atoms with Crippen molar-refractivity contribution in [2.24, 2.45) is 5.10 Å². The molecule has 2 N–H and O–H groups in total. The van der Waals surface area contributed by atoms with Crippen LogP contribution >= 0.6 is 0 Å². The van der Waals surface area contributed by atoms with Crippen LogP contribution in [0.1, 0.15) is 40.0 Å². The number of aromatic nitrogens is 1. The van der Waals surface area contributed by atoms with Crippen LogP contribution in [0.5, 0.6) is 0 Å². The Kier molecular flexibility index (Phi) is 4.06. The fourth-order valence-electron chi connectivity index (χ4n) is 3.33. The van der Waals surface area contributed by atoms with Crippen molar-refractivity contribution >= 4 is 23.0 Å². The highest BCUT2D eigenvalue weighted by molar-refractivity contribution is 5.99. The predicted octanol–water partition coefficient (Wildman–Crippen LogP) is 3.95. The van der Waals surface area contributed by atoms with Gasteiger partial charge in [-0.05, 0) is 67.1 Å². The summed E-state index contributed by atoms with van der Waals surface area (Å²) in [6, 6.07) is 11.6. The number of halogens is 1. The molecule has 0 fully saturated rings. The Morgan fingerprint density at radius 1 is 1.12 bits per heavy atom. The van der Waals surface area contributed by atoms with Crippen LogP contribution in [0.4, 0.5) is 4.39 Å². The lowest BCUT2D eigenvalue weighted by Crippen LogP contribution is -2.17. The summed E-state index contributed by atoms with van der Waals surface area (Å²) in [5, 5.41) is 5.08. The predicted molar refractivity (Wildman–Crippen MR) is 96.4 cm³/mol. The molecule has 0 radical (unpaired) electrons. The van der Waals surface area contributed by atoms with Gasteiger partial charge in [0.15, 0.2) is 0 Å². The number of aromatic amines is 1. The lowest BCUT2D eigenvalue weighted by atomic mass is 9.95. The standard InChI is InChI=1S/C20H18FN3O/c21-15-8-5-13(6-9-15)12-22-24-20(25)14-7-10-19-17(11-14)16-3-1-2-4-18(16)23-19/h5-12,23H,1-4H2,(H,24,25)/b22-12-. The molecule has 1 amide bonds. The first-order chi connectivity index (χ1) is 12.2. The normalized spacial score (nSPS) is 14.0. The molecule has 1 aromatic heterocycles. The Morgan fingerprint density at radius 3 is 2.76 bits per heavy atom. The number of fused-ring (bicyclic) bond motifs is 3. The van der Waals surface area contributed by atoms with Crippen molar-refractivity contribution in [2.45, 2.75) is 25.7 Å². The average Bonchev–Trinajstić information content (AvgIpc) is 3.01.